The normalized spacial score (nSPS) is 16.6. The Bertz CT molecular complexity index is 1560. The Balaban J connectivity index is 1.24. The number of thiazole rings is 1. The Morgan fingerprint density at radius 3 is 2.42 bits per heavy atom. The molecular weight excluding hydrogens is 568 g/mol. The highest BCUT2D eigenvalue weighted by molar-refractivity contribution is 7.20. The van der Waals surface area contributed by atoms with E-state index in [9.17, 15) is 19.5 Å². The number of hydrogen-bond acceptors (Lipinski definition) is 8. The molecule has 0 bridgehead atoms. The molecule has 226 valence electrons. The standard InChI is InChI=1S/C31H36N6O5S/c1-19(38)32-26(21-9-6-5-7-10-21)28(40)37-16-8-11-23(37)27(39)34-25-18-36-17-24(43-29(36)35-25)20-12-14-22(15-13-20)33-30(41)42-31(2,3)4/h5-7,9-10,12-15,17-19,23,26,32,38H,8,11,16H2,1-4H3,(H,33,41)(H,34,39). The van der Waals surface area contributed by atoms with Crippen molar-refractivity contribution in [3.63, 3.8) is 0 Å². The summed E-state index contributed by atoms with van der Waals surface area (Å²) in [7, 11) is 0. The van der Waals surface area contributed by atoms with E-state index >= 15 is 0 Å². The third-order valence-electron chi connectivity index (χ3n) is 6.85. The summed E-state index contributed by atoms with van der Waals surface area (Å²) in [6, 6.07) is 15.2. The van der Waals surface area contributed by atoms with Gasteiger partial charge in [-0.2, -0.15) is 0 Å². The van der Waals surface area contributed by atoms with Gasteiger partial charge in [-0.1, -0.05) is 53.8 Å². The number of benzene rings is 2. The number of ether oxygens (including phenoxy) is 1. The first-order chi connectivity index (χ1) is 20.5. The van der Waals surface area contributed by atoms with E-state index in [0.717, 1.165) is 16.0 Å². The Morgan fingerprint density at radius 2 is 1.77 bits per heavy atom. The molecule has 3 heterocycles. The number of nitrogens with zero attached hydrogens (tertiary/aromatic N) is 3. The van der Waals surface area contributed by atoms with Crippen LogP contribution in [0.3, 0.4) is 0 Å². The Morgan fingerprint density at radius 1 is 1.05 bits per heavy atom. The van der Waals surface area contributed by atoms with Crippen molar-refractivity contribution in [3.8, 4) is 10.4 Å². The van der Waals surface area contributed by atoms with Gasteiger partial charge in [0.05, 0.1) is 11.1 Å². The van der Waals surface area contributed by atoms with E-state index in [4.69, 9.17) is 4.74 Å². The number of carbonyl (C=O) groups is 3. The molecule has 43 heavy (non-hydrogen) atoms. The van der Waals surface area contributed by atoms with Crippen molar-refractivity contribution < 1.29 is 24.2 Å². The first-order valence-corrected chi connectivity index (χ1v) is 15.0. The summed E-state index contributed by atoms with van der Waals surface area (Å²) in [4.78, 5) is 46.8. The first kappa shape index (κ1) is 30.2. The molecule has 5 rings (SSSR count). The van der Waals surface area contributed by atoms with Crippen LogP contribution < -0.4 is 16.0 Å². The van der Waals surface area contributed by atoms with Gasteiger partial charge in [-0.25, -0.2) is 9.78 Å². The highest BCUT2D eigenvalue weighted by atomic mass is 32.1. The molecule has 3 unspecified atom stereocenters. The van der Waals surface area contributed by atoms with E-state index in [0.29, 0.717) is 35.9 Å². The van der Waals surface area contributed by atoms with E-state index in [1.807, 2.05) is 73.8 Å². The van der Waals surface area contributed by atoms with Gasteiger partial charge in [0.25, 0.3) is 0 Å². The summed E-state index contributed by atoms with van der Waals surface area (Å²) in [5.74, 6) is -0.151. The van der Waals surface area contributed by atoms with Crippen LogP contribution in [0.25, 0.3) is 15.4 Å². The third kappa shape index (κ3) is 7.39. The SMILES string of the molecule is CC(O)NC(C(=O)N1CCCC1C(=O)Nc1cn2cc(-c3ccc(NC(=O)OC(C)(C)C)cc3)sc2n1)c1ccccc1. The number of likely N-dealkylation sites (tertiary alicyclic amines) is 1. The quantitative estimate of drug-likeness (QED) is 0.208. The fraction of sp³-hybridized carbons (Fsp3) is 0.355. The van der Waals surface area contributed by atoms with Gasteiger partial charge in [0, 0.05) is 18.4 Å². The molecule has 0 spiro atoms. The molecular formula is C31H36N6O5S. The van der Waals surface area contributed by atoms with Gasteiger partial charge in [0.2, 0.25) is 11.8 Å². The average molecular weight is 605 g/mol. The van der Waals surface area contributed by atoms with Gasteiger partial charge in [-0.3, -0.25) is 24.6 Å². The Labute approximate surface area is 253 Å². The second-order valence-corrected chi connectivity index (χ2v) is 12.5. The van der Waals surface area contributed by atoms with Crippen molar-refractivity contribution in [2.45, 2.75) is 64.4 Å². The predicted molar refractivity (Wildman–Crippen MR) is 166 cm³/mol. The molecule has 1 fully saturated rings. The molecule has 11 nitrogen and oxygen atoms in total. The number of nitrogens with one attached hydrogen (secondary N) is 3. The molecule has 0 aliphatic carbocycles. The largest absolute Gasteiger partial charge is 0.444 e. The maximum absolute atomic E-state index is 13.6. The van der Waals surface area contributed by atoms with Crippen LogP contribution in [-0.2, 0) is 14.3 Å². The molecule has 3 atom stereocenters. The monoisotopic (exact) mass is 604 g/mol. The van der Waals surface area contributed by atoms with Crippen molar-refractivity contribution in [3.05, 3.63) is 72.6 Å². The van der Waals surface area contributed by atoms with Crippen LogP contribution in [0.1, 0.15) is 52.1 Å². The zero-order valence-corrected chi connectivity index (χ0v) is 25.4. The molecule has 1 aliphatic heterocycles. The smallest absolute Gasteiger partial charge is 0.412 e. The number of aromatic nitrogens is 2. The summed E-state index contributed by atoms with van der Waals surface area (Å²) in [6.07, 6.45) is 3.50. The number of imidazole rings is 1. The van der Waals surface area contributed by atoms with Crippen LogP contribution in [0, 0.1) is 0 Å². The molecule has 4 N–H and O–H groups in total. The van der Waals surface area contributed by atoms with Crippen LogP contribution in [0.15, 0.2) is 67.0 Å². The van der Waals surface area contributed by atoms with Crippen molar-refractivity contribution in [2.75, 3.05) is 17.2 Å². The maximum Gasteiger partial charge on any atom is 0.412 e. The minimum Gasteiger partial charge on any atom is -0.444 e. The fourth-order valence-electron chi connectivity index (χ4n) is 5.00. The van der Waals surface area contributed by atoms with E-state index in [1.165, 1.54) is 11.3 Å². The number of aliphatic hydroxyl groups excluding tert-OH is 1. The molecule has 12 heteroatoms. The van der Waals surface area contributed by atoms with Crippen LogP contribution in [0.5, 0.6) is 0 Å². The van der Waals surface area contributed by atoms with Crippen molar-refractivity contribution in [2.24, 2.45) is 0 Å². The first-order valence-electron chi connectivity index (χ1n) is 14.2. The lowest BCUT2D eigenvalue weighted by Crippen LogP contribution is -2.49. The van der Waals surface area contributed by atoms with E-state index < -0.39 is 30.0 Å². The Hall–Kier alpha value is -4.26. The molecule has 3 amide bonds. The molecule has 1 aliphatic rings. The second-order valence-electron chi connectivity index (χ2n) is 11.5. The minimum absolute atomic E-state index is 0.257. The number of aliphatic hydroxyl groups is 1. The molecule has 2 aromatic carbocycles. The predicted octanol–water partition coefficient (Wildman–Crippen LogP) is 5.01. The number of fused-ring (bicyclic) bond motifs is 1. The average Bonchev–Trinajstić information content (AvgIpc) is 3.67. The van der Waals surface area contributed by atoms with Gasteiger partial charge in [0.15, 0.2) is 10.8 Å². The van der Waals surface area contributed by atoms with Gasteiger partial charge >= 0.3 is 6.09 Å². The highest BCUT2D eigenvalue weighted by Gasteiger charge is 2.38. The zero-order valence-electron chi connectivity index (χ0n) is 24.5. The number of rotatable bonds is 8. The summed E-state index contributed by atoms with van der Waals surface area (Å²) in [5.41, 5.74) is 1.72. The summed E-state index contributed by atoms with van der Waals surface area (Å²) in [6.45, 7) is 7.44. The highest BCUT2D eigenvalue weighted by Crippen LogP contribution is 2.31. The topological polar surface area (TPSA) is 137 Å². The Kier molecular flexibility index (Phi) is 8.81. The van der Waals surface area contributed by atoms with E-state index in [1.54, 1.807) is 30.2 Å². The van der Waals surface area contributed by atoms with Crippen molar-refractivity contribution in [1.29, 1.82) is 0 Å². The number of carbonyl (C=O) groups excluding carboxylic acids is 3. The maximum atomic E-state index is 13.6. The zero-order chi connectivity index (χ0) is 30.7. The summed E-state index contributed by atoms with van der Waals surface area (Å²) in [5, 5.41) is 18.5. The van der Waals surface area contributed by atoms with E-state index in [-0.39, 0.29) is 11.8 Å². The number of hydrogen-bond donors (Lipinski definition) is 4. The van der Waals surface area contributed by atoms with Gasteiger partial charge in [0.1, 0.15) is 23.9 Å². The lowest BCUT2D eigenvalue weighted by atomic mass is 10.0. The number of anilines is 2. The molecule has 2 aromatic heterocycles. The summed E-state index contributed by atoms with van der Waals surface area (Å²) >= 11 is 1.46. The fourth-order valence-corrected chi connectivity index (χ4v) is 5.98. The van der Waals surface area contributed by atoms with Gasteiger partial charge in [-0.05, 0) is 63.8 Å². The number of amides is 3. The molecule has 0 saturated carbocycles. The van der Waals surface area contributed by atoms with Gasteiger partial charge < -0.3 is 20.1 Å². The van der Waals surface area contributed by atoms with Crippen LogP contribution in [-0.4, -0.2) is 61.7 Å². The van der Waals surface area contributed by atoms with Crippen LogP contribution in [0.2, 0.25) is 0 Å². The van der Waals surface area contributed by atoms with Crippen molar-refractivity contribution in [1.82, 2.24) is 19.6 Å². The molecule has 1 saturated heterocycles. The minimum atomic E-state index is -0.903. The second kappa shape index (κ2) is 12.5. The summed E-state index contributed by atoms with van der Waals surface area (Å²) < 4.78 is 7.14. The molecule has 4 aromatic rings. The van der Waals surface area contributed by atoms with Crippen LogP contribution >= 0.6 is 11.3 Å². The third-order valence-corrected chi connectivity index (χ3v) is 7.89. The lowest BCUT2D eigenvalue weighted by Gasteiger charge is -2.29. The van der Waals surface area contributed by atoms with Crippen molar-refractivity contribution >= 4 is 45.7 Å². The van der Waals surface area contributed by atoms with Crippen LogP contribution in [0.4, 0.5) is 16.3 Å². The lowest BCUT2D eigenvalue weighted by molar-refractivity contribution is -0.139. The van der Waals surface area contributed by atoms with E-state index in [2.05, 4.69) is 20.9 Å². The van der Waals surface area contributed by atoms with Gasteiger partial charge in [-0.15, -0.1) is 0 Å². The molecule has 0 radical (unpaired) electrons.